The second-order valence-corrected chi connectivity index (χ2v) is 8.65. The molecule has 3 rings (SSSR count). The number of sulfonamides is 1. The molecule has 2 amide bonds. The Morgan fingerprint density at radius 3 is 2.32 bits per heavy atom. The molecule has 150 valence electrons. The summed E-state index contributed by atoms with van der Waals surface area (Å²) in [5.41, 5.74) is 2.02. The summed E-state index contributed by atoms with van der Waals surface area (Å²) in [7, 11) is -2.11. The van der Waals surface area contributed by atoms with Crippen LogP contribution in [0.25, 0.3) is 0 Å². The van der Waals surface area contributed by atoms with Gasteiger partial charge in [0.15, 0.2) is 0 Å². The van der Waals surface area contributed by atoms with Crippen LogP contribution in [-0.4, -0.2) is 57.5 Å². The van der Waals surface area contributed by atoms with Gasteiger partial charge < -0.3 is 10.2 Å². The van der Waals surface area contributed by atoms with E-state index < -0.39 is 10.0 Å². The highest BCUT2D eigenvalue weighted by Crippen LogP contribution is 2.12. The zero-order valence-electron chi connectivity index (χ0n) is 16.0. The lowest BCUT2D eigenvalue weighted by Gasteiger charge is -2.34. The van der Waals surface area contributed by atoms with Crippen LogP contribution in [0.1, 0.15) is 11.1 Å². The Morgan fingerprint density at radius 2 is 1.64 bits per heavy atom. The number of nitrogens with one attached hydrogen (secondary N) is 2. The zero-order chi connectivity index (χ0) is 20.0. The minimum absolute atomic E-state index is 0.124. The zero-order valence-corrected chi connectivity index (χ0v) is 16.8. The predicted molar refractivity (Wildman–Crippen MR) is 108 cm³/mol. The smallest absolute Gasteiger partial charge is 0.317 e. The molecule has 0 bridgehead atoms. The predicted octanol–water partition coefficient (Wildman–Crippen LogP) is 1.62. The highest BCUT2D eigenvalue weighted by molar-refractivity contribution is 7.89. The summed E-state index contributed by atoms with van der Waals surface area (Å²) in [6.07, 6.45) is 0. The molecule has 1 aliphatic rings. The molecule has 8 heteroatoms. The summed E-state index contributed by atoms with van der Waals surface area (Å²) in [5.74, 6) is 0. The molecule has 0 unspecified atom stereocenters. The molecule has 7 nitrogen and oxygen atoms in total. The van der Waals surface area contributed by atoms with Gasteiger partial charge in [0.05, 0.1) is 4.90 Å². The van der Waals surface area contributed by atoms with Crippen LogP contribution in [-0.2, 0) is 23.1 Å². The van der Waals surface area contributed by atoms with E-state index in [1.165, 1.54) is 18.7 Å². The molecule has 1 aliphatic heterocycles. The first-order valence-electron chi connectivity index (χ1n) is 9.29. The standard InChI is InChI=1S/C20H26N4O3S/c1-21-28(26,27)19-9-5-8-18(14-19)15-22-20(25)24-12-10-23(11-13-24)16-17-6-3-2-4-7-17/h2-9,14,21H,10-13,15-16H2,1H3,(H,22,25). The summed E-state index contributed by atoms with van der Waals surface area (Å²) in [4.78, 5) is 16.8. The van der Waals surface area contributed by atoms with E-state index in [0.29, 0.717) is 13.1 Å². The number of carbonyl (C=O) groups is 1. The molecule has 0 spiro atoms. The van der Waals surface area contributed by atoms with Gasteiger partial charge in [-0.05, 0) is 30.3 Å². The molecule has 2 N–H and O–H groups in total. The van der Waals surface area contributed by atoms with Crippen LogP contribution in [0, 0.1) is 0 Å². The molecule has 2 aromatic rings. The fraction of sp³-hybridized carbons (Fsp3) is 0.350. The van der Waals surface area contributed by atoms with Gasteiger partial charge in [-0.1, -0.05) is 42.5 Å². The van der Waals surface area contributed by atoms with Crippen LogP contribution in [0.5, 0.6) is 0 Å². The topological polar surface area (TPSA) is 81.8 Å². The van der Waals surface area contributed by atoms with Gasteiger partial charge in [0.1, 0.15) is 0 Å². The molecule has 28 heavy (non-hydrogen) atoms. The number of carbonyl (C=O) groups excluding carboxylic acids is 1. The lowest BCUT2D eigenvalue weighted by molar-refractivity contribution is 0.135. The van der Waals surface area contributed by atoms with Gasteiger partial charge in [-0.15, -0.1) is 0 Å². The van der Waals surface area contributed by atoms with Crippen molar-refractivity contribution in [3.05, 3.63) is 65.7 Å². The number of benzene rings is 2. The van der Waals surface area contributed by atoms with Crippen molar-refractivity contribution in [1.82, 2.24) is 19.8 Å². The molecule has 1 heterocycles. The average Bonchev–Trinajstić information content (AvgIpc) is 2.73. The van der Waals surface area contributed by atoms with E-state index in [-0.39, 0.29) is 17.5 Å². The molecule has 2 aromatic carbocycles. The van der Waals surface area contributed by atoms with Gasteiger partial charge in [0.2, 0.25) is 10.0 Å². The van der Waals surface area contributed by atoms with Gasteiger partial charge in [0.25, 0.3) is 0 Å². The fourth-order valence-corrected chi connectivity index (χ4v) is 3.98. The molecular formula is C20H26N4O3S. The molecule has 0 radical (unpaired) electrons. The van der Waals surface area contributed by atoms with Crippen LogP contribution in [0.3, 0.4) is 0 Å². The largest absolute Gasteiger partial charge is 0.334 e. The van der Waals surface area contributed by atoms with E-state index in [1.807, 2.05) is 18.2 Å². The Kier molecular flexibility index (Phi) is 6.66. The van der Waals surface area contributed by atoms with E-state index in [4.69, 9.17) is 0 Å². The number of hydrogen-bond donors (Lipinski definition) is 2. The van der Waals surface area contributed by atoms with Gasteiger partial charge >= 0.3 is 6.03 Å². The second-order valence-electron chi connectivity index (χ2n) is 6.76. The Labute approximate surface area is 166 Å². The summed E-state index contributed by atoms with van der Waals surface area (Å²) in [5, 5.41) is 2.88. The normalized spacial score (nSPS) is 15.4. The molecule has 1 saturated heterocycles. The first-order valence-corrected chi connectivity index (χ1v) is 10.8. The van der Waals surface area contributed by atoms with E-state index >= 15 is 0 Å². The summed E-state index contributed by atoms with van der Waals surface area (Å²) >= 11 is 0. The van der Waals surface area contributed by atoms with Crippen LogP contribution in [0.15, 0.2) is 59.5 Å². The van der Waals surface area contributed by atoms with Gasteiger partial charge in [-0.25, -0.2) is 17.9 Å². The molecule has 0 aliphatic carbocycles. The summed E-state index contributed by atoms with van der Waals surface area (Å²) < 4.78 is 26.1. The quantitative estimate of drug-likeness (QED) is 0.769. The second kappa shape index (κ2) is 9.18. The van der Waals surface area contributed by atoms with Crippen molar-refractivity contribution < 1.29 is 13.2 Å². The van der Waals surface area contributed by atoms with E-state index in [0.717, 1.165) is 25.2 Å². The Hall–Kier alpha value is -2.42. The van der Waals surface area contributed by atoms with Crippen LogP contribution >= 0.6 is 0 Å². The number of rotatable bonds is 6. The third-order valence-electron chi connectivity index (χ3n) is 4.83. The van der Waals surface area contributed by atoms with Crippen LogP contribution in [0.2, 0.25) is 0 Å². The first kappa shape index (κ1) is 20.3. The fourth-order valence-electron chi connectivity index (χ4n) is 3.18. The molecular weight excluding hydrogens is 376 g/mol. The maximum atomic E-state index is 12.4. The summed E-state index contributed by atoms with van der Waals surface area (Å²) in [6, 6.07) is 16.8. The summed E-state index contributed by atoms with van der Waals surface area (Å²) in [6.45, 7) is 4.19. The highest BCUT2D eigenvalue weighted by Gasteiger charge is 2.21. The average molecular weight is 403 g/mol. The minimum atomic E-state index is -3.49. The number of urea groups is 1. The molecule has 0 saturated carbocycles. The Bertz CT molecular complexity index is 895. The lowest BCUT2D eigenvalue weighted by atomic mass is 10.2. The van der Waals surface area contributed by atoms with Crippen molar-refractivity contribution in [2.24, 2.45) is 0 Å². The van der Waals surface area contributed by atoms with Gasteiger partial charge in [-0.3, -0.25) is 4.90 Å². The SMILES string of the molecule is CNS(=O)(=O)c1cccc(CNC(=O)N2CCN(Cc3ccccc3)CC2)c1. The number of piperazine rings is 1. The van der Waals surface area contributed by atoms with Crippen LogP contribution in [0.4, 0.5) is 4.79 Å². The lowest BCUT2D eigenvalue weighted by Crippen LogP contribution is -2.51. The van der Waals surface area contributed by atoms with Gasteiger partial charge in [0, 0.05) is 39.3 Å². The molecule has 1 fully saturated rings. The third-order valence-corrected chi connectivity index (χ3v) is 6.24. The minimum Gasteiger partial charge on any atom is -0.334 e. The Balaban J connectivity index is 1.48. The highest BCUT2D eigenvalue weighted by atomic mass is 32.2. The third kappa shape index (κ3) is 5.31. The monoisotopic (exact) mass is 402 g/mol. The van der Waals surface area contributed by atoms with E-state index in [1.54, 1.807) is 23.1 Å². The number of nitrogens with zero attached hydrogens (tertiary/aromatic N) is 2. The van der Waals surface area contributed by atoms with E-state index in [9.17, 15) is 13.2 Å². The molecule has 0 atom stereocenters. The van der Waals surface area contributed by atoms with E-state index in [2.05, 4.69) is 27.1 Å². The van der Waals surface area contributed by atoms with Crippen molar-refractivity contribution in [2.75, 3.05) is 33.2 Å². The first-order chi connectivity index (χ1) is 13.5. The maximum Gasteiger partial charge on any atom is 0.317 e. The van der Waals surface area contributed by atoms with Gasteiger partial charge in [-0.2, -0.15) is 0 Å². The van der Waals surface area contributed by atoms with Crippen molar-refractivity contribution in [2.45, 2.75) is 18.0 Å². The van der Waals surface area contributed by atoms with Crippen molar-refractivity contribution >= 4 is 16.1 Å². The number of hydrogen-bond acceptors (Lipinski definition) is 4. The van der Waals surface area contributed by atoms with Crippen molar-refractivity contribution in [3.63, 3.8) is 0 Å². The van der Waals surface area contributed by atoms with Crippen molar-refractivity contribution in [1.29, 1.82) is 0 Å². The van der Waals surface area contributed by atoms with Crippen molar-refractivity contribution in [3.8, 4) is 0 Å². The molecule has 0 aromatic heterocycles. The Morgan fingerprint density at radius 1 is 0.964 bits per heavy atom. The van der Waals surface area contributed by atoms with Crippen LogP contribution < -0.4 is 10.0 Å². The maximum absolute atomic E-state index is 12.4. The number of amides is 2.